The van der Waals surface area contributed by atoms with E-state index >= 15 is 0 Å². The zero-order valence-corrected chi connectivity index (χ0v) is 11.9. The van der Waals surface area contributed by atoms with Gasteiger partial charge in [-0.15, -0.1) is 11.6 Å². The number of benzene rings is 1. The Kier molecular flexibility index (Phi) is 6.33. The van der Waals surface area contributed by atoms with Gasteiger partial charge in [0.15, 0.2) is 0 Å². The first-order valence-corrected chi connectivity index (χ1v) is 6.85. The van der Waals surface area contributed by atoms with E-state index in [1.165, 1.54) is 12.1 Å². The number of carbonyl (C=O) groups excluding carboxylic acids is 1. The molecule has 0 radical (unpaired) electrons. The van der Waals surface area contributed by atoms with E-state index < -0.39 is 11.7 Å². The molecule has 1 atom stereocenters. The van der Waals surface area contributed by atoms with E-state index in [9.17, 15) is 18.0 Å². The van der Waals surface area contributed by atoms with Gasteiger partial charge in [-0.2, -0.15) is 13.2 Å². The fourth-order valence-corrected chi connectivity index (χ4v) is 2.01. The molecular weight excluding hydrogens is 291 g/mol. The highest BCUT2D eigenvalue weighted by Crippen LogP contribution is 2.29. The summed E-state index contributed by atoms with van der Waals surface area (Å²) in [7, 11) is 0. The Morgan fingerprint density at radius 3 is 2.40 bits per heavy atom. The SMILES string of the molecule is CC(CCCl)CNC(=O)Cc1ccc(C(F)(F)F)cc1. The molecule has 1 rings (SSSR count). The minimum Gasteiger partial charge on any atom is -0.356 e. The lowest BCUT2D eigenvalue weighted by Gasteiger charge is -2.11. The van der Waals surface area contributed by atoms with Crippen molar-refractivity contribution in [1.82, 2.24) is 5.32 Å². The van der Waals surface area contributed by atoms with Gasteiger partial charge in [-0.3, -0.25) is 4.79 Å². The third kappa shape index (κ3) is 5.82. The Balaban J connectivity index is 2.46. The van der Waals surface area contributed by atoms with Crippen LogP contribution in [0.1, 0.15) is 24.5 Å². The molecule has 0 bridgehead atoms. The van der Waals surface area contributed by atoms with Gasteiger partial charge >= 0.3 is 6.18 Å². The summed E-state index contributed by atoms with van der Waals surface area (Å²) in [6.45, 7) is 2.49. The van der Waals surface area contributed by atoms with Crippen molar-refractivity contribution >= 4 is 17.5 Å². The molecule has 2 nitrogen and oxygen atoms in total. The minimum atomic E-state index is -4.35. The summed E-state index contributed by atoms with van der Waals surface area (Å²) >= 11 is 5.59. The summed E-state index contributed by atoms with van der Waals surface area (Å²) in [5.41, 5.74) is -0.155. The largest absolute Gasteiger partial charge is 0.416 e. The normalized spacial score (nSPS) is 13.1. The van der Waals surface area contributed by atoms with Crippen LogP contribution in [0.2, 0.25) is 0 Å². The second-order valence-corrected chi connectivity index (χ2v) is 5.14. The van der Waals surface area contributed by atoms with Crippen molar-refractivity contribution in [3.8, 4) is 0 Å². The molecule has 1 amide bonds. The number of carbonyl (C=O) groups is 1. The van der Waals surface area contributed by atoms with Crippen LogP contribution in [0.3, 0.4) is 0 Å². The number of hydrogen-bond acceptors (Lipinski definition) is 1. The monoisotopic (exact) mass is 307 g/mol. The van der Waals surface area contributed by atoms with Gasteiger partial charge in [-0.25, -0.2) is 0 Å². The Labute approximate surface area is 121 Å². The van der Waals surface area contributed by atoms with Crippen LogP contribution in [-0.4, -0.2) is 18.3 Å². The van der Waals surface area contributed by atoms with Crippen molar-refractivity contribution in [3.05, 3.63) is 35.4 Å². The van der Waals surface area contributed by atoms with Crippen LogP contribution < -0.4 is 5.32 Å². The smallest absolute Gasteiger partial charge is 0.356 e. The van der Waals surface area contributed by atoms with Crippen LogP contribution in [-0.2, 0) is 17.4 Å². The molecule has 0 aliphatic rings. The number of amides is 1. The predicted molar refractivity (Wildman–Crippen MR) is 72.7 cm³/mol. The van der Waals surface area contributed by atoms with E-state index in [0.29, 0.717) is 18.0 Å². The summed E-state index contributed by atoms with van der Waals surface area (Å²) in [4.78, 5) is 11.6. The van der Waals surface area contributed by atoms with Gasteiger partial charge in [0.05, 0.1) is 12.0 Å². The molecule has 1 N–H and O–H groups in total. The maximum absolute atomic E-state index is 12.4. The van der Waals surface area contributed by atoms with Crippen molar-refractivity contribution in [2.75, 3.05) is 12.4 Å². The first-order valence-electron chi connectivity index (χ1n) is 6.31. The number of rotatable bonds is 6. The van der Waals surface area contributed by atoms with Gasteiger partial charge in [0.1, 0.15) is 0 Å². The maximum Gasteiger partial charge on any atom is 0.416 e. The van der Waals surface area contributed by atoms with E-state index in [1.807, 2.05) is 6.92 Å². The van der Waals surface area contributed by atoms with Crippen LogP contribution in [0.5, 0.6) is 0 Å². The fourth-order valence-electron chi connectivity index (χ4n) is 1.64. The zero-order valence-electron chi connectivity index (χ0n) is 11.1. The van der Waals surface area contributed by atoms with Crippen molar-refractivity contribution in [3.63, 3.8) is 0 Å². The van der Waals surface area contributed by atoms with Gasteiger partial charge in [0.25, 0.3) is 0 Å². The first kappa shape index (κ1) is 16.8. The molecule has 1 aromatic rings. The molecule has 112 valence electrons. The Morgan fingerprint density at radius 1 is 1.30 bits per heavy atom. The molecule has 0 fully saturated rings. The summed E-state index contributed by atoms with van der Waals surface area (Å²) in [6.07, 6.45) is -3.47. The van der Waals surface area contributed by atoms with Crippen LogP contribution in [0, 0.1) is 5.92 Å². The number of hydrogen-bond donors (Lipinski definition) is 1. The third-order valence-corrected chi connectivity index (χ3v) is 3.11. The second kappa shape index (κ2) is 7.53. The minimum absolute atomic E-state index is 0.0751. The predicted octanol–water partition coefficient (Wildman–Crippen LogP) is 3.63. The summed E-state index contributed by atoms with van der Waals surface area (Å²) in [6, 6.07) is 4.62. The molecule has 0 saturated carbocycles. The van der Waals surface area contributed by atoms with E-state index in [-0.39, 0.29) is 18.2 Å². The molecular formula is C14H17ClF3NO. The highest BCUT2D eigenvalue weighted by atomic mass is 35.5. The zero-order chi connectivity index (χ0) is 15.2. The third-order valence-electron chi connectivity index (χ3n) is 2.90. The number of halogens is 4. The lowest BCUT2D eigenvalue weighted by atomic mass is 10.1. The topological polar surface area (TPSA) is 29.1 Å². The standard InChI is InChI=1S/C14H17ClF3NO/c1-10(6-7-15)9-19-13(20)8-11-2-4-12(5-3-11)14(16,17)18/h2-5,10H,6-9H2,1H3,(H,19,20). The summed E-state index contributed by atoms with van der Waals surface area (Å²) in [5.74, 6) is 0.617. The molecule has 0 aromatic heterocycles. The average Bonchev–Trinajstić information content (AvgIpc) is 2.36. The van der Waals surface area contributed by atoms with Crippen LogP contribution in [0.25, 0.3) is 0 Å². The molecule has 6 heteroatoms. The Hall–Kier alpha value is -1.23. The van der Waals surface area contributed by atoms with Crippen LogP contribution in [0.4, 0.5) is 13.2 Å². The molecule has 1 unspecified atom stereocenters. The number of alkyl halides is 4. The molecule has 0 heterocycles. The van der Waals surface area contributed by atoms with Crippen molar-refractivity contribution in [2.24, 2.45) is 5.92 Å². The molecule has 1 aromatic carbocycles. The van der Waals surface area contributed by atoms with E-state index in [0.717, 1.165) is 18.6 Å². The maximum atomic E-state index is 12.4. The van der Waals surface area contributed by atoms with E-state index in [2.05, 4.69) is 5.32 Å². The van der Waals surface area contributed by atoms with Gasteiger partial charge in [-0.05, 0) is 30.0 Å². The van der Waals surface area contributed by atoms with Gasteiger partial charge in [0.2, 0.25) is 5.91 Å². The van der Waals surface area contributed by atoms with E-state index in [1.54, 1.807) is 0 Å². The van der Waals surface area contributed by atoms with Gasteiger partial charge in [0, 0.05) is 12.4 Å². The average molecular weight is 308 g/mol. The fraction of sp³-hybridized carbons (Fsp3) is 0.500. The highest BCUT2D eigenvalue weighted by Gasteiger charge is 2.29. The molecule has 0 aliphatic carbocycles. The Bertz CT molecular complexity index is 431. The van der Waals surface area contributed by atoms with Gasteiger partial charge < -0.3 is 5.32 Å². The molecule has 0 spiro atoms. The van der Waals surface area contributed by atoms with Gasteiger partial charge in [-0.1, -0.05) is 19.1 Å². The summed E-state index contributed by atoms with van der Waals surface area (Å²) in [5, 5.41) is 2.74. The second-order valence-electron chi connectivity index (χ2n) is 4.76. The highest BCUT2D eigenvalue weighted by molar-refractivity contribution is 6.17. The molecule has 0 aliphatic heterocycles. The lowest BCUT2D eigenvalue weighted by molar-refractivity contribution is -0.137. The van der Waals surface area contributed by atoms with E-state index in [4.69, 9.17) is 11.6 Å². The van der Waals surface area contributed by atoms with Crippen molar-refractivity contribution in [2.45, 2.75) is 25.9 Å². The summed E-state index contributed by atoms with van der Waals surface area (Å²) < 4.78 is 37.1. The van der Waals surface area contributed by atoms with Crippen LogP contribution >= 0.6 is 11.6 Å². The van der Waals surface area contributed by atoms with Crippen molar-refractivity contribution < 1.29 is 18.0 Å². The lowest BCUT2D eigenvalue weighted by Crippen LogP contribution is -2.29. The molecule has 0 saturated heterocycles. The quantitative estimate of drug-likeness (QED) is 0.799. The molecule has 20 heavy (non-hydrogen) atoms. The first-order chi connectivity index (χ1) is 9.32. The Morgan fingerprint density at radius 2 is 1.90 bits per heavy atom. The van der Waals surface area contributed by atoms with Crippen molar-refractivity contribution in [1.29, 1.82) is 0 Å². The number of nitrogens with one attached hydrogen (secondary N) is 1. The van der Waals surface area contributed by atoms with Crippen LogP contribution in [0.15, 0.2) is 24.3 Å².